The normalized spacial score (nSPS) is 32.2. The van der Waals surface area contributed by atoms with Gasteiger partial charge in [-0.1, -0.05) is 102 Å². The summed E-state index contributed by atoms with van der Waals surface area (Å²) in [6.07, 6.45) is 20.8. The van der Waals surface area contributed by atoms with Crippen LogP contribution in [0.2, 0.25) is 0 Å². The van der Waals surface area contributed by atoms with Crippen LogP contribution in [0.25, 0.3) is 0 Å². The molecule has 198 valence electrons. The number of rotatable bonds is 15. The number of Topliss-reactive ketones (excluding diaryl/α,β-unsaturated/α-hetero) is 2. The minimum atomic E-state index is -1.77. The van der Waals surface area contributed by atoms with Crippen molar-refractivity contribution in [2.75, 3.05) is 6.61 Å². The van der Waals surface area contributed by atoms with E-state index in [0.717, 1.165) is 32.1 Å². The fourth-order valence-electron chi connectivity index (χ4n) is 6.74. The van der Waals surface area contributed by atoms with Gasteiger partial charge in [-0.2, -0.15) is 0 Å². The lowest BCUT2D eigenvalue weighted by Gasteiger charge is -2.46. The molecule has 3 aliphatic carbocycles. The second kappa shape index (κ2) is 13.3. The molecule has 0 aromatic rings. The summed E-state index contributed by atoms with van der Waals surface area (Å²) in [6, 6.07) is 0. The predicted molar refractivity (Wildman–Crippen MR) is 139 cm³/mol. The molecule has 1 fully saturated rings. The zero-order chi connectivity index (χ0) is 25.3. The van der Waals surface area contributed by atoms with Gasteiger partial charge in [0.25, 0.3) is 0 Å². The first-order valence-electron chi connectivity index (χ1n) is 14.4. The largest absolute Gasteiger partial charge is 0.392 e. The van der Waals surface area contributed by atoms with Gasteiger partial charge >= 0.3 is 0 Å². The van der Waals surface area contributed by atoms with E-state index >= 15 is 0 Å². The molecule has 0 aromatic heterocycles. The van der Waals surface area contributed by atoms with Crippen molar-refractivity contribution in [3.05, 3.63) is 23.8 Å². The van der Waals surface area contributed by atoms with Crippen LogP contribution in [-0.4, -0.2) is 45.2 Å². The Hall–Kier alpha value is -1.30. The number of aliphatic hydroxyl groups excluding tert-OH is 2. The van der Waals surface area contributed by atoms with Gasteiger partial charge in [0.05, 0.1) is 12.0 Å². The summed E-state index contributed by atoms with van der Waals surface area (Å²) < 4.78 is 0. The monoisotopic (exact) mass is 488 g/mol. The van der Waals surface area contributed by atoms with Gasteiger partial charge in [-0.15, -0.1) is 0 Å². The first kappa shape index (κ1) is 28.3. The van der Waals surface area contributed by atoms with Crippen LogP contribution >= 0.6 is 0 Å². The number of aliphatic hydroxyl groups is 3. The van der Waals surface area contributed by atoms with E-state index in [-0.39, 0.29) is 18.0 Å². The highest BCUT2D eigenvalue weighted by Gasteiger charge is 2.66. The molecule has 35 heavy (non-hydrogen) atoms. The average Bonchev–Trinajstić information content (AvgIpc) is 3.00. The van der Waals surface area contributed by atoms with Crippen LogP contribution in [0.3, 0.4) is 0 Å². The molecule has 3 rings (SSSR count). The molecule has 5 heteroatoms. The summed E-state index contributed by atoms with van der Waals surface area (Å²) >= 11 is 0. The highest BCUT2D eigenvalue weighted by molar-refractivity contribution is 5.94. The molecule has 0 aliphatic heterocycles. The fourth-order valence-corrected chi connectivity index (χ4v) is 6.74. The Labute approximate surface area is 212 Å². The van der Waals surface area contributed by atoms with Gasteiger partial charge in [0.15, 0.2) is 5.78 Å². The summed E-state index contributed by atoms with van der Waals surface area (Å²) in [6.45, 7) is 1.84. The SMILES string of the molecule is CCCCCCCCCCCCCC(=O)C[C@H]1C=C[C@@]23CCCC[C@H](C=C(CO)[C@@H](O)[C@]12O)C3=O. The molecule has 3 N–H and O–H groups in total. The Morgan fingerprint density at radius 3 is 2.26 bits per heavy atom. The van der Waals surface area contributed by atoms with Gasteiger partial charge in [0, 0.05) is 24.7 Å². The van der Waals surface area contributed by atoms with Gasteiger partial charge < -0.3 is 15.3 Å². The highest BCUT2D eigenvalue weighted by Crippen LogP contribution is 2.57. The number of ketones is 2. The van der Waals surface area contributed by atoms with Crippen LogP contribution in [0, 0.1) is 17.3 Å². The van der Waals surface area contributed by atoms with Crippen molar-refractivity contribution in [1.82, 2.24) is 0 Å². The molecule has 0 heterocycles. The molecule has 3 aliphatic rings. The van der Waals surface area contributed by atoms with Crippen molar-refractivity contribution in [3.63, 3.8) is 0 Å². The summed E-state index contributed by atoms with van der Waals surface area (Å²) in [7, 11) is 0. The van der Waals surface area contributed by atoms with Gasteiger partial charge in [-0.05, 0) is 24.8 Å². The number of hydrogen-bond acceptors (Lipinski definition) is 5. The van der Waals surface area contributed by atoms with Crippen molar-refractivity contribution in [2.45, 2.75) is 128 Å². The fraction of sp³-hybridized carbons (Fsp3) is 0.800. The molecule has 1 spiro atoms. The smallest absolute Gasteiger partial charge is 0.152 e. The first-order chi connectivity index (χ1) is 16.9. The van der Waals surface area contributed by atoms with E-state index in [1.54, 1.807) is 18.2 Å². The molecule has 5 atom stereocenters. The molecule has 0 unspecified atom stereocenters. The van der Waals surface area contributed by atoms with Gasteiger partial charge in [-0.25, -0.2) is 0 Å². The zero-order valence-corrected chi connectivity index (χ0v) is 21.9. The maximum absolute atomic E-state index is 13.5. The van der Waals surface area contributed by atoms with Crippen molar-refractivity contribution in [3.8, 4) is 0 Å². The van der Waals surface area contributed by atoms with E-state index in [4.69, 9.17) is 0 Å². The molecule has 2 bridgehead atoms. The van der Waals surface area contributed by atoms with Crippen molar-refractivity contribution in [1.29, 1.82) is 0 Å². The molecule has 5 nitrogen and oxygen atoms in total. The number of carbonyl (C=O) groups is 2. The highest BCUT2D eigenvalue weighted by atomic mass is 16.3. The van der Waals surface area contributed by atoms with Gasteiger partial charge in [0.1, 0.15) is 17.5 Å². The number of carbonyl (C=O) groups excluding carboxylic acids is 2. The zero-order valence-electron chi connectivity index (χ0n) is 21.9. The number of unbranched alkanes of at least 4 members (excludes halogenated alkanes) is 10. The van der Waals surface area contributed by atoms with Crippen LogP contribution in [-0.2, 0) is 9.59 Å². The van der Waals surface area contributed by atoms with Crippen molar-refractivity contribution < 1.29 is 24.9 Å². The molecule has 0 amide bonds. The second-order valence-corrected chi connectivity index (χ2v) is 11.3. The standard InChI is InChI=1S/C30H48O5/c1-2-3-4-5-6-7-8-9-10-11-12-16-26(32)21-25-17-19-29-18-14-13-15-23(27(29)33)20-24(22-31)28(34)30(25,29)35/h17,19-20,23,25,28,31,34-35H,2-16,18,21-22H2,1H3/t23-,25-,28-,29-,30-/m1/s1. The summed E-state index contributed by atoms with van der Waals surface area (Å²) in [5, 5.41) is 33.1. The maximum Gasteiger partial charge on any atom is 0.152 e. The van der Waals surface area contributed by atoms with E-state index in [1.165, 1.54) is 51.4 Å². The topological polar surface area (TPSA) is 94.8 Å². The number of hydrogen-bond donors (Lipinski definition) is 3. The third-order valence-electron chi connectivity index (χ3n) is 8.88. The lowest BCUT2D eigenvalue weighted by molar-refractivity contribution is -0.168. The van der Waals surface area contributed by atoms with E-state index in [9.17, 15) is 24.9 Å². The average molecular weight is 489 g/mol. The molecule has 0 aromatic carbocycles. The lowest BCUT2D eigenvalue weighted by Crippen LogP contribution is -2.60. The molecule has 0 radical (unpaired) electrons. The van der Waals surface area contributed by atoms with E-state index < -0.39 is 35.6 Å². The van der Waals surface area contributed by atoms with Crippen molar-refractivity contribution >= 4 is 11.6 Å². The first-order valence-corrected chi connectivity index (χ1v) is 14.4. The van der Waals surface area contributed by atoms with Crippen LogP contribution in [0.5, 0.6) is 0 Å². The second-order valence-electron chi connectivity index (χ2n) is 11.3. The van der Waals surface area contributed by atoms with Crippen molar-refractivity contribution in [2.24, 2.45) is 17.3 Å². The molecule has 1 saturated carbocycles. The third kappa shape index (κ3) is 6.17. The predicted octanol–water partition coefficient (Wildman–Crippen LogP) is 5.60. The Morgan fingerprint density at radius 1 is 1.00 bits per heavy atom. The Balaban J connectivity index is 1.49. The quantitative estimate of drug-likeness (QED) is 0.206. The van der Waals surface area contributed by atoms with E-state index in [2.05, 4.69) is 6.92 Å². The molecular weight excluding hydrogens is 440 g/mol. The minimum Gasteiger partial charge on any atom is -0.392 e. The molecule has 0 saturated heterocycles. The number of allylic oxidation sites excluding steroid dienone is 1. The van der Waals surface area contributed by atoms with E-state index in [0.29, 0.717) is 24.8 Å². The third-order valence-corrected chi connectivity index (χ3v) is 8.88. The van der Waals surface area contributed by atoms with Crippen LogP contribution in [0.4, 0.5) is 0 Å². The van der Waals surface area contributed by atoms with Crippen LogP contribution in [0.1, 0.15) is 116 Å². The Morgan fingerprint density at radius 2 is 1.63 bits per heavy atom. The van der Waals surface area contributed by atoms with Gasteiger partial charge in [0.2, 0.25) is 0 Å². The van der Waals surface area contributed by atoms with Gasteiger partial charge in [-0.3, -0.25) is 9.59 Å². The lowest BCUT2D eigenvalue weighted by atomic mass is 9.61. The summed E-state index contributed by atoms with van der Waals surface area (Å²) in [4.78, 5) is 26.4. The maximum atomic E-state index is 13.5. The minimum absolute atomic E-state index is 0.0726. The van der Waals surface area contributed by atoms with Crippen LogP contribution < -0.4 is 0 Å². The van der Waals surface area contributed by atoms with E-state index in [1.807, 2.05) is 0 Å². The Kier molecular flexibility index (Phi) is 10.7. The summed E-state index contributed by atoms with van der Waals surface area (Å²) in [5.41, 5.74) is -2.64. The number of fused-ring (bicyclic) bond motifs is 1. The van der Waals surface area contributed by atoms with Crippen LogP contribution in [0.15, 0.2) is 23.8 Å². The summed E-state index contributed by atoms with van der Waals surface area (Å²) in [5.74, 6) is -1.02. The Bertz CT molecular complexity index is 771. The molecular formula is C30H48O5.